The van der Waals surface area contributed by atoms with Crippen LogP contribution in [0, 0.1) is 23.1 Å². The lowest BCUT2D eigenvalue weighted by molar-refractivity contribution is 0.631. The van der Waals surface area contributed by atoms with E-state index in [1.807, 2.05) is 6.07 Å². The van der Waals surface area contributed by atoms with Crippen LogP contribution in [0.25, 0.3) is 0 Å². The Labute approximate surface area is 104 Å². The molecule has 0 amide bonds. The predicted molar refractivity (Wildman–Crippen MR) is 68.7 cm³/mol. The van der Waals surface area contributed by atoms with Crippen molar-refractivity contribution in [2.45, 2.75) is 6.92 Å². The number of hydrogen-bond donors (Lipinski definition) is 1. The smallest absolute Gasteiger partial charge is 0.161 e. The lowest BCUT2D eigenvalue weighted by Gasteiger charge is -2.18. The summed E-state index contributed by atoms with van der Waals surface area (Å²) >= 11 is 1.59. The highest BCUT2D eigenvalue weighted by atomic mass is 32.2. The minimum atomic E-state index is -0.425. The van der Waals surface area contributed by atoms with E-state index in [9.17, 15) is 4.39 Å². The molecule has 2 rings (SSSR count). The van der Waals surface area contributed by atoms with Gasteiger partial charge in [0.15, 0.2) is 5.17 Å². The molecule has 0 fully saturated rings. The van der Waals surface area contributed by atoms with E-state index in [-0.39, 0.29) is 0 Å². The van der Waals surface area contributed by atoms with Gasteiger partial charge < -0.3 is 5.32 Å². The second-order valence-electron chi connectivity index (χ2n) is 3.99. The van der Waals surface area contributed by atoms with E-state index in [1.54, 1.807) is 23.9 Å². The Hall–Kier alpha value is -1.54. The number of rotatable bonds is 1. The number of amidine groups is 1. The molecule has 88 valence electrons. The third-order valence-electron chi connectivity index (χ3n) is 2.39. The number of anilines is 1. The number of aliphatic imine (C=N–C) groups is 1. The molecule has 1 aliphatic heterocycles. The average Bonchev–Trinajstić information content (AvgIpc) is 2.34. The van der Waals surface area contributed by atoms with E-state index in [4.69, 9.17) is 5.26 Å². The maximum atomic E-state index is 13.6. The predicted octanol–water partition coefficient (Wildman–Crippen LogP) is 2.85. The molecule has 0 bridgehead atoms. The first kappa shape index (κ1) is 11.9. The summed E-state index contributed by atoms with van der Waals surface area (Å²) < 4.78 is 13.6. The number of benzene rings is 1. The third kappa shape index (κ3) is 2.98. The third-order valence-corrected chi connectivity index (χ3v) is 3.63. The first-order valence-electron chi connectivity index (χ1n) is 5.33. The number of nitrogens with one attached hydrogen (secondary N) is 1. The van der Waals surface area contributed by atoms with Crippen molar-refractivity contribution in [3.8, 4) is 6.07 Å². The van der Waals surface area contributed by atoms with Crippen molar-refractivity contribution in [2.24, 2.45) is 10.9 Å². The maximum absolute atomic E-state index is 13.6. The Bertz CT molecular complexity index is 493. The standard InChI is InChI=1S/C12H12FN3S/c1-8-6-15-12(17-7-8)16-11-3-2-9(5-14)4-10(11)13/h2-4,8H,6-7H2,1H3,(H,15,16). The van der Waals surface area contributed by atoms with E-state index in [0.29, 0.717) is 17.2 Å². The van der Waals surface area contributed by atoms with Crippen LogP contribution in [0.2, 0.25) is 0 Å². The zero-order valence-electron chi connectivity index (χ0n) is 9.40. The molecule has 1 unspecified atom stereocenters. The van der Waals surface area contributed by atoms with Gasteiger partial charge in [0, 0.05) is 12.3 Å². The van der Waals surface area contributed by atoms with Crippen LogP contribution in [-0.4, -0.2) is 17.5 Å². The van der Waals surface area contributed by atoms with Gasteiger partial charge in [-0.2, -0.15) is 5.26 Å². The van der Waals surface area contributed by atoms with Crippen molar-refractivity contribution in [1.29, 1.82) is 5.26 Å². The molecule has 1 heterocycles. The van der Waals surface area contributed by atoms with Crippen LogP contribution in [0.1, 0.15) is 12.5 Å². The maximum Gasteiger partial charge on any atom is 0.161 e. The van der Waals surface area contributed by atoms with E-state index in [1.165, 1.54) is 6.07 Å². The van der Waals surface area contributed by atoms with Crippen molar-refractivity contribution in [3.63, 3.8) is 0 Å². The van der Waals surface area contributed by atoms with Gasteiger partial charge in [0.1, 0.15) is 5.82 Å². The van der Waals surface area contributed by atoms with Gasteiger partial charge in [0.05, 0.1) is 17.3 Å². The number of nitriles is 1. The molecule has 1 atom stereocenters. The summed E-state index contributed by atoms with van der Waals surface area (Å²) in [5, 5.41) is 12.3. The molecule has 0 saturated heterocycles. The van der Waals surface area contributed by atoms with Gasteiger partial charge in [-0.15, -0.1) is 0 Å². The SMILES string of the molecule is CC1CN=C(Nc2ccc(C#N)cc2F)SC1. The molecule has 1 aromatic rings. The van der Waals surface area contributed by atoms with Crippen LogP contribution in [0.4, 0.5) is 10.1 Å². The molecule has 0 aliphatic carbocycles. The lowest BCUT2D eigenvalue weighted by Crippen LogP contribution is -2.19. The fraction of sp³-hybridized carbons (Fsp3) is 0.333. The van der Waals surface area contributed by atoms with Crippen LogP contribution in [0.15, 0.2) is 23.2 Å². The fourth-order valence-corrected chi connectivity index (χ4v) is 2.33. The summed E-state index contributed by atoms with van der Waals surface area (Å²) in [6, 6.07) is 6.27. The van der Waals surface area contributed by atoms with Crippen LogP contribution in [0.5, 0.6) is 0 Å². The van der Waals surface area contributed by atoms with Crippen molar-refractivity contribution in [2.75, 3.05) is 17.6 Å². The first-order chi connectivity index (χ1) is 8.19. The molecular formula is C12H12FN3S. The minimum Gasteiger partial charge on any atom is -0.333 e. The van der Waals surface area contributed by atoms with Crippen molar-refractivity contribution in [1.82, 2.24) is 0 Å². The highest BCUT2D eigenvalue weighted by molar-refractivity contribution is 8.14. The Morgan fingerprint density at radius 3 is 3.00 bits per heavy atom. The molecule has 1 N–H and O–H groups in total. The summed E-state index contributed by atoms with van der Waals surface area (Å²) in [6.07, 6.45) is 0. The summed E-state index contributed by atoms with van der Waals surface area (Å²) in [6.45, 7) is 2.91. The van der Waals surface area contributed by atoms with Gasteiger partial charge in [-0.05, 0) is 24.1 Å². The fourth-order valence-electron chi connectivity index (χ4n) is 1.44. The van der Waals surface area contributed by atoms with Gasteiger partial charge in [-0.1, -0.05) is 18.7 Å². The molecule has 5 heteroatoms. The van der Waals surface area contributed by atoms with Gasteiger partial charge in [0.2, 0.25) is 0 Å². The van der Waals surface area contributed by atoms with Crippen molar-refractivity contribution < 1.29 is 4.39 Å². The number of halogens is 1. The molecular weight excluding hydrogens is 237 g/mol. The van der Waals surface area contributed by atoms with Crippen LogP contribution >= 0.6 is 11.8 Å². The van der Waals surface area contributed by atoms with Crippen LogP contribution in [-0.2, 0) is 0 Å². The van der Waals surface area contributed by atoms with Crippen LogP contribution in [0.3, 0.4) is 0 Å². The zero-order chi connectivity index (χ0) is 12.3. The Balaban J connectivity index is 2.12. The van der Waals surface area contributed by atoms with Gasteiger partial charge >= 0.3 is 0 Å². The molecule has 1 aliphatic rings. The Morgan fingerprint density at radius 2 is 2.41 bits per heavy atom. The van der Waals surface area contributed by atoms with Crippen molar-refractivity contribution >= 4 is 22.6 Å². The highest BCUT2D eigenvalue weighted by Gasteiger charge is 2.13. The molecule has 0 aromatic heterocycles. The molecule has 3 nitrogen and oxygen atoms in total. The van der Waals surface area contributed by atoms with Gasteiger partial charge in [-0.25, -0.2) is 4.39 Å². The first-order valence-corrected chi connectivity index (χ1v) is 6.31. The second-order valence-corrected chi connectivity index (χ2v) is 5.00. The summed E-state index contributed by atoms with van der Waals surface area (Å²) in [5.74, 6) is 1.13. The van der Waals surface area contributed by atoms with Gasteiger partial charge in [0.25, 0.3) is 0 Å². The van der Waals surface area contributed by atoms with E-state index in [0.717, 1.165) is 17.5 Å². The average molecular weight is 249 g/mol. The minimum absolute atomic E-state index is 0.319. The summed E-state index contributed by atoms with van der Waals surface area (Å²) in [4.78, 5) is 4.33. The Kier molecular flexibility index (Phi) is 3.64. The summed E-state index contributed by atoms with van der Waals surface area (Å²) in [5.41, 5.74) is 0.685. The molecule has 0 saturated carbocycles. The Morgan fingerprint density at radius 1 is 1.59 bits per heavy atom. The van der Waals surface area contributed by atoms with E-state index in [2.05, 4.69) is 17.2 Å². The molecule has 17 heavy (non-hydrogen) atoms. The number of thioether (sulfide) groups is 1. The topological polar surface area (TPSA) is 48.2 Å². The number of nitrogens with zero attached hydrogens (tertiary/aromatic N) is 2. The summed E-state index contributed by atoms with van der Waals surface area (Å²) in [7, 11) is 0. The lowest BCUT2D eigenvalue weighted by atomic mass is 10.2. The van der Waals surface area contributed by atoms with Gasteiger partial charge in [-0.3, -0.25) is 4.99 Å². The van der Waals surface area contributed by atoms with E-state index >= 15 is 0 Å². The second kappa shape index (κ2) is 5.19. The monoisotopic (exact) mass is 249 g/mol. The number of hydrogen-bond acceptors (Lipinski definition) is 4. The zero-order valence-corrected chi connectivity index (χ0v) is 10.2. The molecule has 1 aromatic carbocycles. The van der Waals surface area contributed by atoms with Crippen LogP contribution < -0.4 is 5.32 Å². The molecule has 0 radical (unpaired) electrons. The molecule has 0 spiro atoms. The largest absolute Gasteiger partial charge is 0.333 e. The van der Waals surface area contributed by atoms with Crippen molar-refractivity contribution in [3.05, 3.63) is 29.6 Å². The highest BCUT2D eigenvalue weighted by Crippen LogP contribution is 2.21. The van der Waals surface area contributed by atoms with E-state index < -0.39 is 5.82 Å². The normalized spacial score (nSPS) is 19.4. The quantitative estimate of drug-likeness (QED) is 0.832.